The third-order valence-corrected chi connectivity index (χ3v) is 4.68. The third kappa shape index (κ3) is 7.58. The van der Waals surface area contributed by atoms with Gasteiger partial charge in [-0.15, -0.1) is 24.0 Å². The van der Waals surface area contributed by atoms with Crippen molar-refractivity contribution in [3.63, 3.8) is 0 Å². The first kappa shape index (κ1) is 22.3. The Kier molecular flexibility index (Phi) is 10.5. The van der Waals surface area contributed by atoms with Gasteiger partial charge in [0.1, 0.15) is 5.75 Å². The van der Waals surface area contributed by atoms with Gasteiger partial charge in [0.05, 0.1) is 7.11 Å². The smallest absolute Gasteiger partial charge is 0.191 e. The molecule has 0 amide bonds. The summed E-state index contributed by atoms with van der Waals surface area (Å²) in [6.45, 7) is 6.10. The average molecular weight is 481 g/mol. The quantitative estimate of drug-likeness (QED) is 0.324. The van der Waals surface area contributed by atoms with E-state index in [0.29, 0.717) is 0 Å². The molecule has 25 heavy (non-hydrogen) atoms. The van der Waals surface area contributed by atoms with Gasteiger partial charge in [0.2, 0.25) is 0 Å². The fraction of sp³-hybridized carbons (Fsp3) is 0.611. The van der Waals surface area contributed by atoms with Crippen molar-refractivity contribution in [2.45, 2.75) is 32.2 Å². The highest BCUT2D eigenvalue weighted by atomic mass is 127. The lowest BCUT2D eigenvalue weighted by Crippen LogP contribution is -2.42. The molecule has 142 valence electrons. The van der Waals surface area contributed by atoms with Crippen molar-refractivity contribution in [3.8, 4) is 5.75 Å². The normalized spacial score (nSPS) is 14.2. The first-order valence-electron chi connectivity index (χ1n) is 8.69. The predicted octanol–water partition coefficient (Wildman–Crippen LogP) is 3.16. The Balaban J connectivity index is 0.00000312. The van der Waals surface area contributed by atoms with Crippen LogP contribution >= 0.6 is 35.6 Å². The van der Waals surface area contributed by atoms with E-state index in [1.165, 1.54) is 12.8 Å². The van der Waals surface area contributed by atoms with E-state index >= 15 is 0 Å². The molecule has 0 aromatic heterocycles. The summed E-state index contributed by atoms with van der Waals surface area (Å²) in [5.41, 5.74) is 1.10. The molecule has 0 spiro atoms. The number of guanidine groups is 1. The molecule has 2 rings (SSSR count). The van der Waals surface area contributed by atoms with Gasteiger partial charge in [0, 0.05) is 37.7 Å². The Morgan fingerprint density at radius 2 is 2.04 bits per heavy atom. The van der Waals surface area contributed by atoms with Gasteiger partial charge >= 0.3 is 0 Å². The van der Waals surface area contributed by atoms with Crippen molar-refractivity contribution in [1.29, 1.82) is 0 Å². The van der Waals surface area contributed by atoms with Crippen molar-refractivity contribution >= 4 is 41.5 Å². The summed E-state index contributed by atoms with van der Waals surface area (Å²) in [6.07, 6.45) is 3.54. The summed E-state index contributed by atoms with van der Waals surface area (Å²) in [7, 11) is 3.44. The first-order valence-corrected chi connectivity index (χ1v) is 9.06. The Bertz CT molecular complexity index is 552. The first-order chi connectivity index (χ1) is 11.7. The highest BCUT2D eigenvalue weighted by Crippen LogP contribution is 2.25. The van der Waals surface area contributed by atoms with Crippen LogP contribution in [0, 0.1) is 0 Å². The van der Waals surface area contributed by atoms with Crippen LogP contribution in [-0.4, -0.2) is 57.2 Å². The topological polar surface area (TPSA) is 48.9 Å². The Morgan fingerprint density at radius 1 is 1.32 bits per heavy atom. The number of nitrogens with one attached hydrogen (secondary N) is 2. The third-order valence-electron chi connectivity index (χ3n) is 4.33. The number of hydrogen-bond acceptors (Lipinski definition) is 3. The molecule has 1 fully saturated rings. The van der Waals surface area contributed by atoms with Gasteiger partial charge < -0.3 is 15.4 Å². The number of ether oxygens (including phenoxy) is 1. The molecule has 7 heteroatoms. The summed E-state index contributed by atoms with van der Waals surface area (Å²) < 4.78 is 5.17. The monoisotopic (exact) mass is 480 g/mol. The SMILES string of the molecule is CCN(CCNC(=NC)NCCc1ccc(OC)cc1Cl)C1CC1.I. The lowest BCUT2D eigenvalue weighted by Gasteiger charge is -2.20. The van der Waals surface area contributed by atoms with Crippen LogP contribution in [0.25, 0.3) is 0 Å². The largest absolute Gasteiger partial charge is 0.497 e. The van der Waals surface area contributed by atoms with Crippen molar-refractivity contribution in [3.05, 3.63) is 28.8 Å². The summed E-state index contributed by atoms with van der Waals surface area (Å²) in [5.74, 6) is 1.62. The lowest BCUT2D eigenvalue weighted by atomic mass is 10.1. The Hall–Kier alpha value is -0.730. The highest BCUT2D eigenvalue weighted by molar-refractivity contribution is 14.0. The number of halogens is 2. The minimum atomic E-state index is 0. The number of rotatable bonds is 9. The zero-order valence-electron chi connectivity index (χ0n) is 15.3. The lowest BCUT2D eigenvalue weighted by molar-refractivity contribution is 0.282. The molecule has 1 saturated carbocycles. The number of methoxy groups -OCH3 is 1. The van der Waals surface area contributed by atoms with E-state index in [2.05, 4.69) is 27.4 Å². The minimum absolute atomic E-state index is 0. The Labute approximate surface area is 173 Å². The van der Waals surface area contributed by atoms with Crippen molar-refractivity contribution in [1.82, 2.24) is 15.5 Å². The van der Waals surface area contributed by atoms with E-state index in [4.69, 9.17) is 16.3 Å². The van der Waals surface area contributed by atoms with Crippen LogP contribution in [0.5, 0.6) is 5.75 Å². The van der Waals surface area contributed by atoms with Crippen LogP contribution < -0.4 is 15.4 Å². The van der Waals surface area contributed by atoms with Gasteiger partial charge in [-0.05, 0) is 43.5 Å². The molecule has 0 atom stereocenters. The van der Waals surface area contributed by atoms with Gasteiger partial charge in [-0.3, -0.25) is 9.89 Å². The fourth-order valence-corrected chi connectivity index (χ4v) is 3.02. The van der Waals surface area contributed by atoms with Crippen LogP contribution in [0.3, 0.4) is 0 Å². The molecule has 0 bridgehead atoms. The fourth-order valence-electron chi connectivity index (χ4n) is 2.75. The molecule has 0 saturated heterocycles. The molecule has 0 unspecified atom stereocenters. The molecule has 1 aliphatic rings. The number of aliphatic imine (C=N–C) groups is 1. The van der Waals surface area contributed by atoms with Crippen LogP contribution in [-0.2, 0) is 6.42 Å². The summed E-state index contributed by atoms with van der Waals surface area (Å²) in [6, 6.07) is 6.60. The van der Waals surface area contributed by atoms with Gasteiger partial charge in [0.25, 0.3) is 0 Å². The number of hydrogen-bond donors (Lipinski definition) is 2. The van der Waals surface area contributed by atoms with E-state index in [-0.39, 0.29) is 24.0 Å². The summed E-state index contributed by atoms with van der Waals surface area (Å²) in [4.78, 5) is 6.80. The van der Waals surface area contributed by atoms with Crippen molar-refractivity contribution in [2.75, 3.05) is 40.3 Å². The van der Waals surface area contributed by atoms with Crippen LogP contribution in [0.15, 0.2) is 23.2 Å². The number of nitrogens with zero attached hydrogens (tertiary/aromatic N) is 2. The van der Waals surface area contributed by atoms with Gasteiger partial charge in [0.15, 0.2) is 5.96 Å². The molecular weight excluding hydrogens is 451 g/mol. The zero-order valence-corrected chi connectivity index (χ0v) is 18.4. The van der Waals surface area contributed by atoms with E-state index in [1.807, 2.05) is 18.2 Å². The number of likely N-dealkylation sites (N-methyl/N-ethyl adjacent to an activating group) is 1. The highest BCUT2D eigenvalue weighted by Gasteiger charge is 2.27. The van der Waals surface area contributed by atoms with E-state index in [1.54, 1.807) is 14.2 Å². The van der Waals surface area contributed by atoms with Crippen molar-refractivity contribution < 1.29 is 4.74 Å². The van der Waals surface area contributed by atoms with Crippen LogP contribution in [0.4, 0.5) is 0 Å². The second-order valence-corrected chi connectivity index (χ2v) is 6.40. The summed E-state index contributed by atoms with van der Waals surface area (Å²) in [5, 5.41) is 7.46. The molecule has 0 radical (unpaired) electrons. The molecular formula is C18H30ClIN4O. The second kappa shape index (κ2) is 11.8. The van der Waals surface area contributed by atoms with Gasteiger partial charge in [-0.2, -0.15) is 0 Å². The van der Waals surface area contributed by atoms with Gasteiger partial charge in [-0.25, -0.2) is 0 Å². The minimum Gasteiger partial charge on any atom is -0.497 e. The molecule has 5 nitrogen and oxygen atoms in total. The molecule has 1 aromatic carbocycles. The van der Waals surface area contributed by atoms with E-state index in [0.717, 1.165) is 60.9 Å². The maximum absolute atomic E-state index is 6.27. The second-order valence-electron chi connectivity index (χ2n) is 5.99. The van der Waals surface area contributed by atoms with Crippen LogP contribution in [0.1, 0.15) is 25.3 Å². The Morgan fingerprint density at radius 3 is 2.60 bits per heavy atom. The maximum Gasteiger partial charge on any atom is 0.191 e. The standard InChI is InChI=1S/C18H29ClN4O.HI/c1-4-23(15-6-7-15)12-11-22-18(20-2)21-10-9-14-5-8-16(24-3)13-17(14)19;/h5,8,13,15H,4,6-7,9-12H2,1-3H3,(H2,20,21,22);1H. The average Bonchev–Trinajstić information content (AvgIpc) is 3.43. The van der Waals surface area contributed by atoms with E-state index in [9.17, 15) is 0 Å². The maximum atomic E-state index is 6.27. The molecule has 2 N–H and O–H groups in total. The van der Waals surface area contributed by atoms with E-state index < -0.39 is 0 Å². The summed E-state index contributed by atoms with van der Waals surface area (Å²) >= 11 is 6.27. The molecule has 0 aliphatic heterocycles. The van der Waals surface area contributed by atoms with Crippen LogP contribution in [0.2, 0.25) is 5.02 Å². The number of benzene rings is 1. The van der Waals surface area contributed by atoms with Crippen molar-refractivity contribution in [2.24, 2.45) is 4.99 Å². The molecule has 1 aliphatic carbocycles. The zero-order chi connectivity index (χ0) is 17.4. The molecule has 0 heterocycles. The molecule has 1 aromatic rings. The van der Waals surface area contributed by atoms with Gasteiger partial charge in [-0.1, -0.05) is 24.6 Å². The predicted molar refractivity (Wildman–Crippen MR) is 117 cm³/mol.